The van der Waals surface area contributed by atoms with Crippen molar-refractivity contribution in [3.8, 4) is 0 Å². The van der Waals surface area contributed by atoms with Crippen LogP contribution in [0.25, 0.3) is 27.6 Å². The lowest BCUT2D eigenvalue weighted by Crippen LogP contribution is -2.56. The van der Waals surface area contributed by atoms with Crippen LogP contribution in [0.1, 0.15) is 42.1 Å². The zero-order valence-corrected chi connectivity index (χ0v) is 25.1. The Balaban J connectivity index is 1.72. The van der Waals surface area contributed by atoms with E-state index < -0.39 is 46.2 Å². The van der Waals surface area contributed by atoms with Crippen molar-refractivity contribution in [3.05, 3.63) is 93.7 Å². The van der Waals surface area contributed by atoms with E-state index in [1.165, 1.54) is 49.7 Å². The summed E-state index contributed by atoms with van der Waals surface area (Å²) < 4.78 is 73.1. The van der Waals surface area contributed by atoms with Gasteiger partial charge in [-0.25, -0.2) is 8.78 Å². The molecule has 9 nitrogen and oxygen atoms in total. The number of hydrogen-bond acceptors (Lipinski definition) is 7. The van der Waals surface area contributed by atoms with E-state index in [0.717, 1.165) is 16.8 Å². The minimum atomic E-state index is -4.95. The summed E-state index contributed by atoms with van der Waals surface area (Å²) in [7, 11) is 7.75. The molecular formula is C30H24BClF5N7O2. The van der Waals surface area contributed by atoms with Crippen molar-refractivity contribution >= 4 is 58.5 Å². The average Bonchev–Trinajstić information content (AvgIpc) is 3.42. The molecular weight excluding hydrogens is 632 g/mol. The van der Waals surface area contributed by atoms with Gasteiger partial charge in [0.05, 0.1) is 40.1 Å². The first-order valence-electron chi connectivity index (χ1n) is 13.6. The van der Waals surface area contributed by atoms with Crippen molar-refractivity contribution in [1.29, 1.82) is 5.41 Å². The number of nitrogens with zero attached hydrogens (tertiary/aromatic N) is 4. The molecule has 2 radical (unpaired) electrons. The van der Waals surface area contributed by atoms with Crippen LogP contribution in [-0.4, -0.2) is 43.0 Å². The SMILES string of the molecule is [B]C(O)(n1c(=N)n(C)c2c3c(c(Nc4cnnc5c(C(F)(F)F)cc(F)cc45)cc21)C(c1cc(F)ccc1Cl)NC3=C)C(C)(C)O. The maximum Gasteiger partial charge on any atom is 0.418 e. The van der Waals surface area contributed by atoms with Crippen LogP contribution in [0.2, 0.25) is 5.02 Å². The molecule has 1 aliphatic heterocycles. The second-order valence-corrected chi connectivity index (χ2v) is 11.9. The van der Waals surface area contributed by atoms with Crippen molar-refractivity contribution in [2.24, 2.45) is 7.05 Å². The Hall–Kier alpha value is -4.47. The Morgan fingerprint density at radius 3 is 2.43 bits per heavy atom. The Morgan fingerprint density at radius 2 is 1.78 bits per heavy atom. The number of hydrogen-bond donors (Lipinski definition) is 5. The van der Waals surface area contributed by atoms with Gasteiger partial charge in [-0.1, -0.05) is 18.2 Å². The van der Waals surface area contributed by atoms with E-state index in [1.807, 2.05) is 0 Å². The monoisotopic (exact) mass is 655 g/mol. The van der Waals surface area contributed by atoms with E-state index in [1.54, 1.807) is 0 Å². The number of anilines is 2. The summed E-state index contributed by atoms with van der Waals surface area (Å²) in [6.45, 7) is 6.60. The maximum absolute atomic E-state index is 14.6. The van der Waals surface area contributed by atoms with E-state index in [0.29, 0.717) is 22.7 Å². The number of imidazole rings is 1. The molecule has 2 aromatic heterocycles. The van der Waals surface area contributed by atoms with E-state index in [9.17, 15) is 32.2 Å². The van der Waals surface area contributed by atoms with Gasteiger partial charge in [0.25, 0.3) is 0 Å². The third-order valence-corrected chi connectivity index (χ3v) is 8.47. The maximum atomic E-state index is 14.6. The second-order valence-electron chi connectivity index (χ2n) is 11.5. The highest BCUT2D eigenvalue weighted by atomic mass is 35.5. The van der Waals surface area contributed by atoms with Crippen LogP contribution >= 0.6 is 11.6 Å². The average molecular weight is 656 g/mol. The summed E-state index contributed by atoms with van der Waals surface area (Å²) in [5, 5.41) is 44.5. The van der Waals surface area contributed by atoms with Crippen LogP contribution in [-0.2, 0) is 18.8 Å². The molecule has 46 heavy (non-hydrogen) atoms. The Morgan fingerprint density at radius 1 is 1.09 bits per heavy atom. The third-order valence-electron chi connectivity index (χ3n) is 8.13. The van der Waals surface area contributed by atoms with E-state index >= 15 is 0 Å². The number of fused-ring (bicyclic) bond motifs is 4. The van der Waals surface area contributed by atoms with Crippen LogP contribution in [0.15, 0.2) is 49.2 Å². The fourth-order valence-corrected chi connectivity index (χ4v) is 5.98. The third kappa shape index (κ3) is 4.72. The van der Waals surface area contributed by atoms with Gasteiger partial charge in [0, 0.05) is 45.5 Å². The molecule has 6 rings (SSSR count). The highest BCUT2D eigenvalue weighted by Gasteiger charge is 2.43. The second kappa shape index (κ2) is 10.3. The van der Waals surface area contributed by atoms with Crippen molar-refractivity contribution in [1.82, 2.24) is 24.6 Å². The zero-order chi connectivity index (χ0) is 33.7. The number of nitrogens with one attached hydrogen (secondary N) is 3. The van der Waals surface area contributed by atoms with E-state index in [2.05, 4.69) is 27.4 Å². The van der Waals surface area contributed by atoms with Gasteiger partial charge in [-0.3, -0.25) is 9.98 Å². The molecule has 0 saturated heterocycles. The van der Waals surface area contributed by atoms with Crippen molar-refractivity contribution < 1.29 is 32.2 Å². The van der Waals surface area contributed by atoms with Crippen molar-refractivity contribution in [3.63, 3.8) is 0 Å². The van der Waals surface area contributed by atoms with Crippen LogP contribution in [0.3, 0.4) is 0 Å². The lowest BCUT2D eigenvalue weighted by Gasteiger charge is -2.38. The molecule has 236 valence electrons. The molecule has 2 atom stereocenters. The molecule has 0 saturated carbocycles. The topological polar surface area (TPSA) is 124 Å². The highest BCUT2D eigenvalue weighted by molar-refractivity contribution is 6.31. The van der Waals surface area contributed by atoms with Crippen molar-refractivity contribution in [2.45, 2.75) is 37.3 Å². The molecule has 5 N–H and O–H groups in total. The molecule has 0 fully saturated rings. The molecule has 3 heterocycles. The largest absolute Gasteiger partial charge is 0.418 e. The molecule has 0 amide bonds. The lowest BCUT2D eigenvalue weighted by molar-refractivity contribution is -0.136. The normalized spacial score (nSPS) is 16.5. The van der Waals surface area contributed by atoms with Gasteiger partial charge in [-0.15, -0.1) is 5.10 Å². The molecule has 16 heteroatoms. The standard InChI is InChI=1S/C30H24BClF5N7O2/c1-12-22-23(25(40-12)15-7-13(33)5-6-18(15)32)19(10-21-26(22)43(4)27(38)44(21)30(31,46)28(2,3)45)41-20-11-39-42-24-16(20)8-14(34)9-17(24)29(35,36)37/h5-11,25,38,40,45-46H,1H2,2-4H3,(H,41,42). The number of rotatable bonds is 5. The van der Waals surface area contributed by atoms with Gasteiger partial charge in [-0.05, 0) is 50.2 Å². The van der Waals surface area contributed by atoms with Crippen molar-refractivity contribution in [2.75, 3.05) is 5.32 Å². The van der Waals surface area contributed by atoms with Gasteiger partial charge in [0.15, 0.2) is 0 Å². The summed E-state index contributed by atoms with van der Waals surface area (Å²) in [4.78, 5) is 0. The minimum Gasteiger partial charge on any atom is -0.386 e. The fourth-order valence-electron chi connectivity index (χ4n) is 5.76. The highest BCUT2D eigenvalue weighted by Crippen LogP contribution is 2.48. The molecule has 1 aliphatic rings. The van der Waals surface area contributed by atoms with Crippen LogP contribution in [0.4, 0.5) is 33.3 Å². The molecule has 0 bridgehead atoms. The van der Waals surface area contributed by atoms with Gasteiger partial charge in [0.2, 0.25) is 5.62 Å². The number of aromatic nitrogens is 4. The summed E-state index contributed by atoms with van der Waals surface area (Å²) in [5.74, 6) is -1.77. The predicted molar refractivity (Wildman–Crippen MR) is 162 cm³/mol. The number of alkyl halides is 3. The van der Waals surface area contributed by atoms with Gasteiger partial charge in [0.1, 0.15) is 30.6 Å². The molecule has 0 spiro atoms. The summed E-state index contributed by atoms with van der Waals surface area (Å²) >= 11 is 6.51. The first kappa shape index (κ1) is 31.5. The van der Waals surface area contributed by atoms with Gasteiger partial charge in [-0.2, -0.15) is 18.3 Å². The molecule has 5 aromatic rings. The summed E-state index contributed by atoms with van der Waals surface area (Å²) in [6, 6.07) is 5.48. The fraction of sp³-hybridized carbons (Fsp3) is 0.233. The predicted octanol–water partition coefficient (Wildman–Crippen LogP) is 5.30. The Kier molecular flexibility index (Phi) is 7.04. The zero-order valence-electron chi connectivity index (χ0n) is 24.4. The van der Waals surface area contributed by atoms with Gasteiger partial charge >= 0.3 is 6.18 Å². The minimum absolute atomic E-state index is 0.0859. The first-order chi connectivity index (χ1) is 21.3. The Labute approximate surface area is 263 Å². The van der Waals surface area contributed by atoms with Crippen LogP contribution < -0.4 is 16.3 Å². The van der Waals surface area contributed by atoms with E-state index in [-0.39, 0.29) is 44.2 Å². The van der Waals surface area contributed by atoms with Gasteiger partial charge < -0.3 is 25.4 Å². The summed E-state index contributed by atoms with van der Waals surface area (Å²) in [6.07, 6.45) is -3.84. The van der Waals surface area contributed by atoms with Crippen LogP contribution in [0.5, 0.6) is 0 Å². The number of benzene rings is 3. The summed E-state index contributed by atoms with van der Waals surface area (Å²) in [5.41, 5.74) is -5.06. The molecule has 2 unspecified atom stereocenters. The first-order valence-corrected chi connectivity index (χ1v) is 14.0. The number of aryl methyl sites for hydroxylation is 1. The van der Waals surface area contributed by atoms with E-state index in [4.69, 9.17) is 24.9 Å². The quantitative estimate of drug-likeness (QED) is 0.129. The molecule has 0 aliphatic carbocycles. The smallest absolute Gasteiger partial charge is 0.386 e. The molecule has 3 aromatic carbocycles. The number of halogens is 6. The Bertz CT molecular complexity index is 2170. The van der Waals surface area contributed by atoms with Crippen LogP contribution in [0, 0.1) is 17.0 Å². The lowest BCUT2D eigenvalue weighted by atomic mass is 9.77. The number of aliphatic hydroxyl groups is 2.